The summed E-state index contributed by atoms with van der Waals surface area (Å²) in [5.41, 5.74) is 2.99. The maximum atomic E-state index is 12.3. The number of ether oxygens (including phenoxy) is 2. The van der Waals surface area contributed by atoms with Gasteiger partial charge in [0.1, 0.15) is 5.75 Å². The van der Waals surface area contributed by atoms with E-state index in [4.69, 9.17) is 9.47 Å². The third-order valence-corrected chi connectivity index (χ3v) is 4.05. The van der Waals surface area contributed by atoms with Gasteiger partial charge in [-0.25, -0.2) is 4.79 Å². The number of carbonyl (C=O) groups excluding carboxylic acids is 3. The molecular weight excluding hydrogens is 334 g/mol. The van der Waals surface area contributed by atoms with Crippen LogP contribution in [-0.4, -0.2) is 35.2 Å². The number of hydrogen-bond donors (Lipinski definition) is 1. The molecule has 138 valence electrons. The molecule has 2 rings (SSSR count). The van der Waals surface area contributed by atoms with Crippen molar-refractivity contribution in [2.45, 2.75) is 40.7 Å². The lowest BCUT2D eigenvalue weighted by Gasteiger charge is -2.14. The Morgan fingerprint density at radius 1 is 1.15 bits per heavy atom. The van der Waals surface area contributed by atoms with Crippen LogP contribution in [0.25, 0.3) is 0 Å². The lowest BCUT2D eigenvalue weighted by atomic mass is 10.1. The summed E-state index contributed by atoms with van der Waals surface area (Å²) in [5.74, 6) is -0.586. The zero-order valence-corrected chi connectivity index (χ0v) is 15.6. The fraction of sp³-hybridized carbons (Fsp3) is 0.350. The molecule has 0 aliphatic heterocycles. The standard InChI is InChI=1S/C20H23NO5/c1-11-7-6-8-16(9-11)26-15(5)20(24)25-10-17(23)19-12(2)18(14(4)22)13(3)21-19/h6-9,15,21H,10H2,1-5H3/t15-/m1/s1. The van der Waals surface area contributed by atoms with Crippen LogP contribution in [0.2, 0.25) is 0 Å². The predicted octanol–water partition coefficient (Wildman–Crippen LogP) is 3.34. The van der Waals surface area contributed by atoms with Crippen molar-refractivity contribution in [3.8, 4) is 5.75 Å². The van der Waals surface area contributed by atoms with Gasteiger partial charge in [-0.1, -0.05) is 12.1 Å². The molecule has 0 unspecified atom stereocenters. The van der Waals surface area contributed by atoms with Crippen molar-refractivity contribution >= 4 is 17.5 Å². The Labute approximate surface area is 152 Å². The number of nitrogens with one attached hydrogen (secondary N) is 1. The molecule has 0 radical (unpaired) electrons. The van der Waals surface area contributed by atoms with Crippen LogP contribution in [0.1, 0.15) is 51.5 Å². The highest BCUT2D eigenvalue weighted by Crippen LogP contribution is 2.19. The zero-order chi connectivity index (χ0) is 19.4. The number of esters is 1. The SMILES string of the molecule is CC(=O)c1c(C)[nH]c(C(=O)COC(=O)[C@@H](C)Oc2cccc(C)c2)c1C. The monoisotopic (exact) mass is 357 g/mol. The third kappa shape index (κ3) is 4.39. The Kier molecular flexibility index (Phi) is 5.97. The summed E-state index contributed by atoms with van der Waals surface area (Å²) < 4.78 is 10.6. The van der Waals surface area contributed by atoms with E-state index in [9.17, 15) is 14.4 Å². The molecule has 0 saturated heterocycles. The third-order valence-electron chi connectivity index (χ3n) is 4.05. The van der Waals surface area contributed by atoms with E-state index in [1.165, 1.54) is 6.92 Å². The number of hydrogen-bond acceptors (Lipinski definition) is 5. The summed E-state index contributed by atoms with van der Waals surface area (Å²) in [7, 11) is 0. The van der Waals surface area contributed by atoms with Gasteiger partial charge < -0.3 is 14.5 Å². The molecule has 0 spiro atoms. The lowest BCUT2D eigenvalue weighted by molar-refractivity contribution is -0.149. The van der Waals surface area contributed by atoms with E-state index in [1.807, 2.05) is 25.1 Å². The smallest absolute Gasteiger partial charge is 0.347 e. The summed E-state index contributed by atoms with van der Waals surface area (Å²) in [5, 5.41) is 0. The molecule has 6 heteroatoms. The molecule has 6 nitrogen and oxygen atoms in total. The molecule has 0 fully saturated rings. The number of aromatic nitrogens is 1. The molecule has 1 heterocycles. The Hall–Kier alpha value is -2.89. The van der Waals surface area contributed by atoms with E-state index in [2.05, 4.69) is 4.98 Å². The van der Waals surface area contributed by atoms with Crippen molar-refractivity contribution in [2.75, 3.05) is 6.61 Å². The van der Waals surface area contributed by atoms with Crippen LogP contribution in [-0.2, 0) is 9.53 Å². The van der Waals surface area contributed by atoms with Gasteiger partial charge in [-0.2, -0.15) is 0 Å². The molecular formula is C20H23NO5. The Balaban J connectivity index is 1.97. The van der Waals surface area contributed by atoms with Crippen molar-refractivity contribution in [2.24, 2.45) is 0 Å². The number of aromatic amines is 1. The maximum absolute atomic E-state index is 12.3. The first kappa shape index (κ1) is 19.4. The van der Waals surface area contributed by atoms with Crippen molar-refractivity contribution in [1.82, 2.24) is 4.98 Å². The average molecular weight is 357 g/mol. The fourth-order valence-electron chi connectivity index (χ4n) is 2.82. The first-order valence-electron chi connectivity index (χ1n) is 8.34. The summed E-state index contributed by atoms with van der Waals surface area (Å²) in [4.78, 5) is 38.9. The van der Waals surface area contributed by atoms with Crippen molar-refractivity contribution in [1.29, 1.82) is 0 Å². The Morgan fingerprint density at radius 3 is 2.42 bits per heavy atom. The average Bonchev–Trinajstić information content (AvgIpc) is 2.86. The predicted molar refractivity (Wildman–Crippen MR) is 96.8 cm³/mol. The number of rotatable bonds is 7. The van der Waals surface area contributed by atoms with Gasteiger partial charge in [0.15, 0.2) is 18.5 Å². The Bertz CT molecular complexity index is 850. The van der Waals surface area contributed by atoms with Crippen molar-refractivity contribution < 1.29 is 23.9 Å². The van der Waals surface area contributed by atoms with E-state index in [1.54, 1.807) is 26.8 Å². The van der Waals surface area contributed by atoms with Gasteiger partial charge in [0.25, 0.3) is 0 Å². The number of benzene rings is 1. The van der Waals surface area contributed by atoms with Crippen LogP contribution in [0.3, 0.4) is 0 Å². The molecule has 26 heavy (non-hydrogen) atoms. The maximum Gasteiger partial charge on any atom is 0.347 e. The normalized spacial score (nSPS) is 11.7. The molecule has 1 atom stereocenters. The van der Waals surface area contributed by atoms with Crippen LogP contribution >= 0.6 is 0 Å². The van der Waals surface area contributed by atoms with Crippen molar-refractivity contribution in [3.63, 3.8) is 0 Å². The van der Waals surface area contributed by atoms with Gasteiger partial charge in [-0.15, -0.1) is 0 Å². The van der Waals surface area contributed by atoms with Crippen LogP contribution in [0.5, 0.6) is 5.75 Å². The van der Waals surface area contributed by atoms with Gasteiger partial charge >= 0.3 is 5.97 Å². The summed E-state index contributed by atoms with van der Waals surface area (Å²) in [6, 6.07) is 7.30. The number of aryl methyl sites for hydroxylation is 2. The second-order valence-electron chi connectivity index (χ2n) is 6.29. The van der Waals surface area contributed by atoms with E-state index < -0.39 is 24.5 Å². The van der Waals surface area contributed by atoms with Gasteiger partial charge in [0, 0.05) is 11.3 Å². The second kappa shape index (κ2) is 7.99. The second-order valence-corrected chi connectivity index (χ2v) is 6.29. The summed E-state index contributed by atoms with van der Waals surface area (Å²) in [6.45, 7) is 7.93. The summed E-state index contributed by atoms with van der Waals surface area (Å²) in [6.07, 6.45) is -0.844. The van der Waals surface area contributed by atoms with Crippen LogP contribution in [0.4, 0.5) is 0 Å². The van der Waals surface area contributed by atoms with Gasteiger partial charge in [0.2, 0.25) is 5.78 Å². The highest BCUT2D eigenvalue weighted by atomic mass is 16.6. The van der Waals surface area contributed by atoms with E-state index in [-0.39, 0.29) is 11.5 Å². The van der Waals surface area contributed by atoms with E-state index in [0.717, 1.165) is 5.56 Å². The number of carbonyl (C=O) groups is 3. The van der Waals surface area contributed by atoms with Crippen LogP contribution in [0.15, 0.2) is 24.3 Å². The minimum Gasteiger partial charge on any atom is -0.479 e. The largest absolute Gasteiger partial charge is 0.479 e. The number of ketones is 2. The fourth-order valence-corrected chi connectivity index (χ4v) is 2.82. The van der Waals surface area contributed by atoms with Crippen LogP contribution < -0.4 is 4.74 Å². The summed E-state index contributed by atoms with van der Waals surface area (Å²) >= 11 is 0. The molecule has 0 aliphatic carbocycles. The van der Waals surface area contributed by atoms with E-state index >= 15 is 0 Å². The molecule has 0 bridgehead atoms. The quantitative estimate of drug-likeness (QED) is 0.607. The molecule has 2 aromatic rings. The van der Waals surface area contributed by atoms with Gasteiger partial charge in [-0.3, -0.25) is 9.59 Å². The minimum atomic E-state index is -0.844. The van der Waals surface area contributed by atoms with Crippen molar-refractivity contribution in [3.05, 3.63) is 52.3 Å². The molecule has 1 aromatic carbocycles. The van der Waals surface area contributed by atoms with Gasteiger partial charge in [-0.05, 0) is 57.9 Å². The van der Waals surface area contributed by atoms with E-state index in [0.29, 0.717) is 22.6 Å². The minimum absolute atomic E-state index is 0.118. The first-order valence-corrected chi connectivity index (χ1v) is 8.34. The lowest BCUT2D eigenvalue weighted by Crippen LogP contribution is -2.28. The molecule has 0 saturated carbocycles. The molecule has 0 aliphatic rings. The molecule has 0 amide bonds. The highest BCUT2D eigenvalue weighted by Gasteiger charge is 2.22. The molecule has 1 aromatic heterocycles. The first-order chi connectivity index (χ1) is 12.2. The number of Topliss-reactive ketones (excluding diaryl/α,β-unsaturated/α-hetero) is 2. The Morgan fingerprint density at radius 2 is 1.85 bits per heavy atom. The molecule has 1 N–H and O–H groups in total. The zero-order valence-electron chi connectivity index (χ0n) is 15.6. The number of H-pyrrole nitrogens is 1. The van der Waals surface area contributed by atoms with Crippen LogP contribution in [0, 0.1) is 20.8 Å². The topological polar surface area (TPSA) is 85.5 Å². The van der Waals surface area contributed by atoms with Gasteiger partial charge in [0.05, 0.1) is 5.69 Å². The highest BCUT2D eigenvalue weighted by molar-refractivity contribution is 6.04.